The average Bonchev–Trinajstić information content (AvgIpc) is 2.85. The molecule has 190 valence electrons. The third kappa shape index (κ3) is 7.33. The van der Waals surface area contributed by atoms with Gasteiger partial charge < -0.3 is 25.2 Å². The summed E-state index contributed by atoms with van der Waals surface area (Å²) in [5, 5.41) is 10.7. The number of rotatable bonds is 8. The van der Waals surface area contributed by atoms with Gasteiger partial charge in [0.15, 0.2) is 0 Å². The first-order chi connectivity index (χ1) is 17.1. The zero-order chi connectivity index (χ0) is 26.3. The number of amides is 1. The summed E-state index contributed by atoms with van der Waals surface area (Å²) in [6, 6.07) is 22.4. The second-order valence-corrected chi connectivity index (χ2v) is 9.59. The lowest BCUT2D eigenvalue weighted by Crippen LogP contribution is -2.40. The Labute approximate surface area is 212 Å². The van der Waals surface area contributed by atoms with Crippen LogP contribution in [0.2, 0.25) is 0 Å². The Morgan fingerprint density at radius 2 is 1.61 bits per heavy atom. The van der Waals surface area contributed by atoms with Crippen LogP contribution in [0.15, 0.2) is 72.8 Å². The van der Waals surface area contributed by atoms with Crippen LogP contribution >= 0.6 is 0 Å². The fourth-order valence-corrected chi connectivity index (χ4v) is 3.74. The molecule has 3 aromatic rings. The SMILES string of the molecule is COC(=O)c1ccc(-c2ccc(CCN(C[C@H](O)c3ccccc3)C(=O)OC(C)(C)C)cc2)cc1N. The molecule has 36 heavy (non-hydrogen) atoms. The summed E-state index contributed by atoms with van der Waals surface area (Å²) in [4.78, 5) is 26.2. The fraction of sp³-hybridized carbons (Fsp3) is 0.310. The molecule has 3 rings (SSSR count). The zero-order valence-electron chi connectivity index (χ0n) is 21.2. The maximum absolute atomic E-state index is 12.9. The van der Waals surface area contributed by atoms with Gasteiger partial charge in [0.1, 0.15) is 5.60 Å². The van der Waals surface area contributed by atoms with E-state index in [1.165, 1.54) is 7.11 Å². The van der Waals surface area contributed by atoms with Gasteiger partial charge in [-0.05, 0) is 61.6 Å². The van der Waals surface area contributed by atoms with Crippen LogP contribution in [0, 0.1) is 0 Å². The lowest BCUT2D eigenvalue weighted by molar-refractivity contribution is 0.0147. The number of esters is 1. The van der Waals surface area contributed by atoms with Crippen molar-refractivity contribution in [2.75, 3.05) is 25.9 Å². The molecular weight excluding hydrogens is 456 g/mol. The first-order valence-corrected chi connectivity index (χ1v) is 11.9. The number of hydrogen-bond acceptors (Lipinski definition) is 6. The summed E-state index contributed by atoms with van der Waals surface area (Å²) in [7, 11) is 1.32. The summed E-state index contributed by atoms with van der Waals surface area (Å²) < 4.78 is 10.3. The van der Waals surface area contributed by atoms with E-state index in [-0.39, 0.29) is 6.54 Å². The molecule has 7 nitrogen and oxygen atoms in total. The van der Waals surface area contributed by atoms with E-state index in [2.05, 4.69) is 0 Å². The first kappa shape index (κ1) is 26.8. The molecule has 0 aliphatic carbocycles. The molecule has 3 aromatic carbocycles. The van der Waals surface area contributed by atoms with Gasteiger partial charge in [-0.2, -0.15) is 0 Å². The van der Waals surface area contributed by atoms with E-state index in [1.54, 1.807) is 17.0 Å². The molecule has 7 heteroatoms. The number of nitrogens with two attached hydrogens (primary N) is 1. The number of ether oxygens (including phenoxy) is 2. The number of aliphatic hydroxyl groups excluding tert-OH is 1. The smallest absolute Gasteiger partial charge is 0.410 e. The summed E-state index contributed by atoms with van der Waals surface area (Å²) in [6.45, 7) is 5.97. The molecule has 1 atom stereocenters. The van der Waals surface area contributed by atoms with Crippen molar-refractivity contribution >= 4 is 17.7 Å². The normalized spacial score (nSPS) is 12.0. The zero-order valence-corrected chi connectivity index (χ0v) is 21.2. The average molecular weight is 491 g/mol. The topological polar surface area (TPSA) is 102 Å². The number of nitrogen functional groups attached to an aromatic ring is 1. The van der Waals surface area contributed by atoms with Crippen LogP contribution in [0.4, 0.5) is 10.5 Å². The van der Waals surface area contributed by atoms with Crippen molar-refractivity contribution in [1.82, 2.24) is 4.90 Å². The molecule has 0 aromatic heterocycles. The maximum atomic E-state index is 12.9. The molecule has 0 fully saturated rings. The van der Waals surface area contributed by atoms with Gasteiger partial charge in [0.2, 0.25) is 0 Å². The highest BCUT2D eigenvalue weighted by atomic mass is 16.6. The van der Waals surface area contributed by atoms with Gasteiger partial charge in [-0.1, -0.05) is 60.7 Å². The molecule has 1 amide bonds. The quantitative estimate of drug-likeness (QED) is 0.331. The Morgan fingerprint density at radius 3 is 2.19 bits per heavy atom. The second-order valence-electron chi connectivity index (χ2n) is 9.59. The molecule has 0 unspecified atom stereocenters. The van der Waals surface area contributed by atoms with E-state index in [0.717, 1.165) is 22.3 Å². The number of anilines is 1. The highest BCUT2D eigenvalue weighted by Gasteiger charge is 2.24. The molecule has 0 bridgehead atoms. The third-order valence-corrected chi connectivity index (χ3v) is 5.64. The number of methoxy groups -OCH3 is 1. The van der Waals surface area contributed by atoms with Crippen molar-refractivity contribution in [3.63, 3.8) is 0 Å². The summed E-state index contributed by atoms with van der Waals surface area (Å²) in [5.41, 5.74) is 9.68. The van der Waals surface area contributed by atoms with Gasteiger partial charge in [0.25, 0.3) is 0 Å². The van der Waals surface area contributed by atoms with E-state index < -0.39 is 23.8 Å². The van der Waals surface area contributed by atoms with E-state index in [1.807, 2.05) is 81.4 Å². The van der Waals surface area contributed by atoms with Crippen molar-refractivity contribution < 1.29 is 24.2 Å². The highest BCUT2D eigenvalue weighted by Crippen LogP contribution is 2.25. The van der Waals surface area contributed by atoms with Crippen LogP contribution in [0.25, 0.3) is 11.1 Å². The van der Waals surface area contributed by atoms with Crippen molar-refractivity contribution in [3.8, 4) is 11.1 Å². The lowest BCUT2D eigenvalue weighted by atomic mass is 10.0. The second kappa shape index (κ2) is 11.7. The van der Waals surface area contributed by atoms with Gasteiger partial charge in [-0.25, -0.2) is 9.59 Å². The molecular formula is C29H34N2O5. The number of aliphatic hydroxyl groups is 1. The lowest BCUT2D eigenvalue weighted by Gasteiger charge is -2.29. The molecule has 3 N–H and O–H groups in total. The molecule has 0 aliphatic rings. The molecule has 0 saturated carbocycles. The first-order valence-electron chi connectivity index (χ1n) is 11.9. The number of hydrogen-bond donors (Lipinski definition) is 2. The van der Waals surface area contributed by atoms with Crippen molar-refractivity contribution in [2.45, 2.75) is 38.9 Å². The molecule has 0 heterocycles. The van der Waals surface area contributed by atoms with Gasteiger partial charge >= 0.3 is 12.1 Å². The molecule has 0 aliphatic heterocycles. The summed E-state index contributed by atoms with van der Waals surface area (Å²) >= 11 is 0. The van der Waals surface area contributed by atoms with Crippen LogP contribution < -0.4 is 5.73 Å². The number of carbonyl (C=O) groups excluding carboxylic acids is 2. The monoisotopic (exact) mass is 490 g/mol. The Morgan fingerprint density at radius 1 is 0.972 bits per heavy atom. The van der Waals surface area contributed by atoms with Gasteiger partial charge in [-0.3, -0.25) is 0 Å². The van der Waals surface area contributed by atoms with E-state index in [9.17, 15) is 14.7 Å². The molecule has 0 saturated heterocycles. The summed E-state index contributed by atoms with van der Waals surface area (Å²) in [6.07, 6.45) is -0.695. The van der Waals surface area contributed by atoms with E-state index >= 15 is 0 Å². The van der Waals surface area contributed by atoms with E-state index in [4.69, 9.17) is 15.2 Å². The highest BCUT2D eigenvalue weighted by molar-refractivity contribution is 5.96. The van der Waals surface area contributed by atoms with Crippen molar-refractivity contribution in [2.24, 2.45) is 0 Å². The molecule has 0 spiro atoms. The van der Waals surface area contributed by atoms with Gasteiger partial charge in [0.05, 0.1) is 25.3 Å². The maximum Gasteiger partial charge on any atom is 0.410 e. The third-order valence-electron chi connectivity index (χ3n) is 5.64. The van der Waals surface area contributed by atoms with Gasteiger partial charge in [0, 0.05) is 12.2 Å². The Bertz CT molecular complexity index is 1170. The number of benzene rings is 3. The number of carbonyl (C=O) groups is 2. The minimum atomic E-state index is -0.820. The Hall–Kier alpha value is -3.84. The van der Waals surface area contributed by atoms with Gasteiger partial charge in [-0.15, -0.1) is 0 Å². The van der Waals surface area contributed by atoms with Crippen molar-refractivity contribution in [3.05, 3.63) is 89.5 Å². The fourth-order valence-electron chi connectivity index (χ4n) is 3.74. The standard InChI is InChI=1S/C29H34N2O5/c1-29(2,3)36-28(34)31(19-26(32)22-8-6-5-7-9-22)17-16-20-10-12-21(13-11-20)23-14-15-24(25(30)18-23)27(33)35-4/h5-15,18,26,32H,16-17,19,30H2,1-4H3/t26-/m0/s1. The minimum absolute atomic E-state index is 0.128. The van der Waals surface area contributed by atoms with Crippen LogP contribution in [-0.4, -0.2) is 47.9 Å². The predicted octanol–water partition coefficient (Wildman–Crippen LogP) is 5.24. The molecule has 0 radical (unpaired) electrons. The summed E-state index contributed by atoms with van der Waals surface area (Å²) in [5.74, 6) is -0.471. The van der Waals surface area contributed by atoms with Crippen LogP contribution in [0.3, 0.4) is 0 Å². The minimum Gasteiger partial charge on any atom is -0.465 e. The Balaban J connectivity index is 1.70. The van der Waals surface area contributed by atoms with Crippen molar-refractivity contribution in [1.29, 1.82) is 0 Å². The largest absolute Gasteiger partial charge is 0.465 e. The van der Waals surface area contributed by atoms with Crippen LogP contribution in [0.1, 0.15) is 48.4 Å². The van der Waals surface area contributed by atoms with E-state index in [0.29, 0.717) is 24.2 Å². The van der Waals surface area contributed by atoms with Crippen LogP contribution in [-0.2, 0) is 15.9 Å². The Kier molecular flexibility index (Phi) is 8.72. The van der Waals surface area contributed by atoms with Crippen LogP contribution in [0.5, 0.6) is 0 Å². The number of nitrogens with zero attached hydrogens (tertiary/aromatic N) is 1. The predicted molar refractivity (Wildman–Crippen MR) is 141 cm³/mol.